The highest BCUT2D eigenvalue weighted by Gasteiger charge is 2.25. The Hall–Kier alpha value is -2.12. The molecule has 2 aromatic heterocycles. The third-order valence-corrected chi connectivity index (χ3v) is 6.30. The molecule has 0 unspecified atom stereocenters. The summed E-state index contributed by atoms with van der Waals surface area (Å²) < 4.78 is 2.89. The number of fused-ring (bicyclic) bond motifs is 1. The van der Waals surface area contributed by atoms with Crippen molar-refractivity contribution in [3.63, 3.8) is 0 Å². The van der Waals surface area contributed by atoms with Crippen molar-refractivity contribution >= 4 is 44.2 Å². The Morgan fingerprint density at radius 3 is 2.73 bits per heavy atom. The molecule has 3 aromatic rings. The zero-order valence-corrected chi connectivity index (χ0v) is 16.3. The van der Waals surface area contributed by atoms with Gasteiger partial charge in [0.2, 0.25) is 0 Å². The van der Waals surface area contributed by atoms with Crippen molar-refractivity contribution in [2.24, 2.45) is 0 Å². The predicted molar refractivity (Wildman–Crippen MR) is 105 cm³/mol. The smallest absolute Gasteiger partial charge is 0.272 e. The third kappa shape index (κ3) is 2.95. The highest BCUT2D eigenvalue weighted by molar-refractivity contribution is 7.22. The fourth-order valence-electron chi connectivity index (χ4n) is 3.25. The second kappa shape index (κ2) is 6.89. The first kappa shape index (κ1) is 17.3. The second-order valence-corrected chi connectivity index (χ2v) is 7.74. The Morgan fingerprint density at radius 2 is 2.00 bits per heavy atom. The van der Waals surface area contributed by atoms with Crippen LogP contribution < -0.4 is 4.90 Å². The number of carbonyl (C=O) groups excluding carboxylic acids is 1. The van der Waals surface area contributed by atoms with E-state index in [4.69, 9.17) is 16.6 Å². The minimum atomic E-state index is 0.0518. The molecule has 4 rings (SSSR count). The lowest BCUT2D eigenvalue weighted by Gasteiger charge is -2.34. The maximum atomic E-state index is 12.7. The lowest BCUT2D eigenvalue weighted by molar-refractivity contribution is 0.0734. The molecule has 1 fully saturated rings. The van der Waals surface area contributed by atoms with Gasteiger partial charge in [0.25, 0.3) is 5.91 Å². The Morgan fingerprint density at radius 1 is 1.23 bits per heavy atom. The standard InChI is InChI=1S/C18H20ClN5OS/c1-3-24-14(6-7-20-24)17(25)22-8-10-23(11-9-22)18-21-16-12(2)13(19)4-5-15(16)26-18/h4-7H,3,8-11H2,1-2H3. The SMILES string of the molecule is CCn1nccc1C(=O)N1CCN(c2nc3c(C)c(Cl)ccc3s2)CC1. The number of carbonyl (C=O) groups is 1. The summed E-state index contributed by atoms with van der Waals surface area (Å²) in [7, 11) is 0. The molecule has 136 valence electrons. The summed E-state index contributed by atoms with van der Waals surface area (Å²) in [6.45, 7) is 7.61. The molecule has 0 atom stereocenters. The fraction of sp³-hybridized carbons (Fsp3) is 0.389. The van der Waals surface area contributed by atoms with Crippen LogP contribution in [0, 0.1) is 6.92 Å². The number of thiazole rings is 1. The summed E-state index contributed by atoms with van der Waals surface area (Å²) in [4.78, 5) is 21.7. The number of nitrogens with zero attached hydrogens (tertiary/aromatic N) is 5. The highest BCUT2D eigenvalue weighted by Crippen LogP contribution is 2.33. The Labute approximate surface area is 161 Å². The van der Waals surface area contributed by atoms with E-state index in [-0.39, 0.29) is 5.91 Å². The fourth-order valence-corrected chi connectivity index (χ4v) is 4.48. The van der Waals surface area contributed by atoms with Gasteiger partial charge in [-0.1, -0.05) is 22.9 Å². The number of aromatic nitrogens is 3. The van der Waals surface area contributed by atoms with Crippen LogP contribution >= 0.6 is 22.9 Å². The molecule has 8 heteroatoms. The van der Waals surface area contributed by atoms with Crippen LogP contribution in [0.2, 0.25) is 5.02 Å². The number of benzene rings is 1. The van der Waals surface area contributed by atoms with Gasteiger partial charge >= 0.3 is 0 Å². The molecule has 1 aliphatic rings. The number of rotatable bonds is 3. The number of halogens is 1. The zero-order valence-electron chi connectivity index (χ0n) is 14.8. The van der Waals surface area contributed by atoms with Crippen LogP contribution in [0.1, 0.15) is 23.0 Å². The molecule has 1 saturated heterocycles. The molecule has 3 heterocycles. The first-order chi connectivity index (χ1) is 12.6. The van der Waals surface area contributed by atoms with E-state index in [1.165, 1.54) is 0 Å². The summed E-state index contributed by atoms with van der Waals surface area (Å²) in [5.74, 6) is 0.0518. The van der Waals surface area contributed by atoms with Gasteiger partial charge in [0, 0.05) is 43.9 Å². The molecule has 26 heavy (non-hydrogen) atoms. The second-order valence-electron chi connectivity index (χ2n) is 6.33. The van der Waals surface area contributed by atoms with Crippen molar-refractivity contribution in [2.75, 3.05) is 31.1 Å². The lowest BCUT2D eigenvalue weighted by Crippen LogP contribution is -2.49. The molecule has 0 N–H and O–H groups in total. The van der Waals surface area contributed by atoms with Crippen LogP contribution in [0.3, 0.4) is 0 Å². The predicted octanol–water partition coefficient (Wildman–Crippen LogP) is 3.44. The maximum Gasteiger partial charge on any atom is 0.272 e. The van der Waals surface area contributed by atoms with Crippen LogP contribution in [-0.4, -0.2) is 51.8 Å². The highest BCUT2D eigenvalue weighted by atomic mass is 35.5. The van der Waals surface area contributed by atoms with Gasteiger partial charge in [0.1, 0.15) is 5.69 Å². The molecule has 1 aliphatic heterocycles. The number of amides is 1. The topological polar surface area (TPSA) is 54.3 Å². The first-order valence-electron chi connectivity index (χ1n) is 8.70. The Kier molecular flexibility index (Phi) is 4.58. The molecule has 1 aromatic carbocycles. The van der Waals surface area contributed by atoms with Crippen molar-refractivity contribution in [3.8, 4) is 0 Å². The van der Waals surface area contributed by atoms with Crippen LogP contribution in [-0.2, 0) is 6.54 Å². The van der Waals surface area contributed by atoms with Crippen molar-refractivity contribution in [2.45, 2.75) is 20.4 Å². The van der Waals surface area contributed by atoms with E-state index in [9.17, 15) is 4.79 Å². The van der Waals surface area contributed by atoms with E-state index < -0.39 is 0 Å². The number of hydrogen-bond donors (Lipinski definition) is 0. The van der Waals surface area contributed by atoms with Gasteiger partial charge in [-0.05, 0) is 37.6 Å². The van der Waals surface area contributed by atoms with Crippen LogP contribution in [0.4, 0.5) is 5.13 Å². The minimum Gasteiger partial charge on any atom is -0.345 e. The molecular weight excluding hydrogens is 370 g/mol. The third-order valence-electron chi connectivity index (χ3n) is 4.81. The summed E-state index contributed by atoms with van der Waals surface area (Å²) >= 11 is 7.89. The molecule has 1 amide bonds. The monoisotopic (exact) mass is 389 g/mol. The zero-order chi connectivity index (χ0) is 18.3. The summed E-state index contributed by atoms with van der Waals surface area (Å²) in [6, 6.07) is 5.74. The van der Waals surface area contributed by atoms with Gasteiger partial charge in [0.05, 0.1) is 10.2 Å². The van der Waals surface area contributed by atoms with E-state index in [0.29, 0.717) is 25.3 Å². The first-order valence-corrected chi connectivity index (χ1v) is 9.89. The average molecular weight is 390 g/mol. The summed E-state index contributed by atoms with van der Waals surface area (Å²) in [5.41, 5.74) is 2.65. The van der Waals surface area contributed by atoms with E-state index in [0.717, 1.165) is 39.0 Å². The normalized spacial score (nSPS) is 15.0. The van der Waals surface area contributed by atoms with Gasteiger partial charge in [-0.2, -0.15) is 5.10 Å². The summed E-state index contributed by atoms with van der Waals surface area (Å²) in [5, 5.41) is 5.94. The molecule has 0 saturated carbocycles. The van der Waals surface area contributed by atoms with Crippen LogP contribution in [0.5, 0.6) is 0 Å². The molecule has 0 radical (unpaired) electrons. The molecular formula is C18H20ClN5OS. The average Bonchev–Trinajstić information content (AvgIpc) is 3.31. The quantitative estimate of drug-likeness (QED) is 0.688. The van der Waals surface area contributed by atoms with Crippen molar-refractivity contribution in [1.82, 2.24) is 19.7 Å². The number of piperazine rings is 1. The van der Waals surface area contributed by atoms with Crippen molar-refractivity contribution in [3.05, 3.63) is 40.7 Å². The largest absolute Gasteiger partial charge is 0.345 e. The van der Waals surface area contributed by atoms with Crippen LogP contribution in [0.15, 0.2) is 24.4 Å². The van der Waals surface area contributed by atoms with E-state index in [2.05, 4.69) is 10.00 Å². The maximum absolute atomic E-state index is 12.7. The van der Waals surface area contributed by atoms with Crippen molar-refractivity contribution in [1.29, 1.82) is 0 Å². The van der Waals surface area contributed by atoms with Gasteiger partial charge in [0.15, 0.2) is 5.13 Å². The van der Waals surface area contributed by atoms with Gasteiger partial charge < -0.3 is 9.80 Å². The van der Waals surface area contributed by atoms with Gasteiger partial charge in [-0.25, -0.2) is 4.98 Å². The van der Waals surface area contributed by atoms with Crippen molar-refractivity contribution < 1.29 is 4.79 Å². The van der Waals surface area contributed by atoms with E-state index in [1.54, 1.807) is 28.3 Å². The Balaban J connectivity index is 1.48. The molecule has 0 bridgehead atoms. The van der Waals surface area contributed by atoms with E-state index >= 15 is 0 Å². The van der Waals surface area contributed by atoms with E-state index in [1.807, 2.05) is 30.9 Å². The Bertz CT molecular complexity index is 958. The van der Waals surface area contributed by atoms with Gasteiger partial charge in [-0.15, -0.1) is 0 Å². The molecule has 0 spiro atoms. The minimum absolute atomic E-state index is 0.0518. The van der Waals surface area contributed by atoms with Gasteiger partial charge in [-0.3, -0.25) is 9.48 Å². The number of anilines is 1. The molecule has 0 aliphatic carbocycles. The molecule has 6 nitrogen and oxygen atoms in total. The number of hydrogen-bond acceptors (Lipinski definition) is 5. The lowest BCUT2D eigenvalue weighted by atomic mass is 10.2. The van der Waals surface area contributed by atoms with Crippen LogP contribution in [0.25, 0.3) is 10.2 Å². The summed E-state index contributed by atoms with van der Waals surface area (Å²) in [6.07, 6.45) is 1.68. The number of aryl methyl sites for hydroxylation is 2.